The van der Waals surface area contributed by atoms with Crippen molar-refractivity contribution in [1.29, 1.82) is 0 Å². The summed E-state index contributed by atoms with van der Waals surface area (Å²) in [6.07, 6.45) is 5.28. The third kappa shape index (κ3) is 4.21. The van der Waals surface area contributed by atoms with Gasteiger partial charge in [-0.25, -0.2) is 0 Å². The number of rotatable bonds is 5. The molecule has 0 rings (SSSR count). The first-order chi connectivity index (χ1) is 4.85. The van der Waals surface area contributed by atoms with Crippen molar-refractivity contribution in [2.24, 2.45) is 5.84 Å². The second kappa shape index (κ2) is 6.42. The average Bonchev–Trinajstić information content (AvgIpc) is 1.98. The molecule has 10 heavy (non-hydrogen) atoms. The lowest BCUT2D eigenvalue weighted by Gasteiger charge is -2.04. The number of unbranched alkanes of at least 4 members (excludes halogenated alkanes) is 1. The molecule has 0 radical (unpaired) electrons. The Morgan fingerprint density at radius 3 is 2.70 bits per heavy atom. The van der Waals surface area contributed by atoms with Gasteiger partial charge in [-0.05, 0) is 12.8 Å². The molecule has 0 heterocycles. The van der Waals surface area contributed by atoms with Crippen molar-refractivity contribution in [3.8, 4) is 0 Å². The highest BCUT2D eigenvalue weighted by molar-refractivity contribution is 4.95. The van der Waals surface area contributed by atoms with Crippen LogP contribution in [-0.4, -0.2) is 7.05 Å². The monoisotopic (exact) mass is 143 g/mol. The van der Waals surface area contributed by atoms with Crippen LogP contribution >= 0.6 is 0 Å². The van der Waals surface area contributed by atoms with Gasteiger partial charge in [0, 0.05) is 18.9 Å². The summed E-state index contributed by atoms with van der Waals surface area (Å²) in [6.45, 7) is 2.16. The number of allylic oxidation sites excluding steroid dienone is 1. The van der Waals surface area contributed by atoms with Gasteiger partial charge in [0.25, 0.3) is 0 Å². The molecule has 0 saturated carbocycles. The van der Waals surface area contributed by atoms with Crippen molar-refractivity contribution in [3.63, 3.8) is 0 Å². The molecule has 4 N–H and O–H groups in total. The smallest absolute Gasteiger partial charge is 0.0415 e. The standard InChI is InChI=1S/C7H17N3/c1-3-4-5-7(10-8)6-9-2/h6,9-10H,3-5,8H2,1-2H3/b7-6-. The van der Waals surface area contributed by atoms with E-state index in [0.29, 0.717) is 0 Å². The minimum Gasteiger partial charge on any atom is -0.393 e. The molecule has 0 spiro atoms. The van der Waals surface area contributed by atoms with E-state index in [2.05, 4.69) is 17.7 Å². The molecule has 0 aromatic heterocycles. The first-order valence-electron chi connectivity index (χ1n) is 3.68. The Labute approximate surface area is 62.6 Å². The second-order valence-corrected chi connectivity index (χ2v) is 2.21. The molecule has 0 aliphatic rings. The lowest BCUT2D eigenvalue weighted by atomic mass is 10.2. The van der Waals surface area contributed by atoms with E-state index in [1.165, 1.54) is 12.8 Å². The minimum atomic E-state index is 1.02. The molecule has 0 unspecified atom stereocenters. The fourth-order valence-corrected chi connectivity index (χ4v) is 0.727. The van der Waals surface area contributed by atoms with E-state index in [1.807, 2.05) is 13.2 Å². The van der Waals surface area contributed by atoms with Crippen LogP contribution in [0.15, 0.2) is 11.9 Å². The van der Waals surface area contributed by atoms with Crippen LogP contribution in [0.4, 0.5) is 0 Å². The van der Waals surface area contributed by atoms with Gasteiger partial charge in [0.2, 0.25) is 0 Å². The molecule has 0 atom stereocenters. The Kier molecular flexibility index (Phi) is 5.97. The van der Waals surface area contributed by atoms with Gasteiger partial charge in [-0.15, -0.1) is 0 Å². The zero-order chi connectivity index (χ0) is 7.82. The molecule has 3 heteroatoms. The highest BCUT2D eigenvalue weighted by Crippen LogP contribution is 2.00. The van der Waals surface area contributed by atoms with Crippen molar-refractivity contribution in [2.75, 3.05) is 7.05 Å². The van der Waals surface area contributed by atoms with Crippen LogP contribution in [0.25, 0.3) is 0 Å². The fourth-order valence-electron chi connectivity index (χ4n) is 0.727. The molecule has 0 fully saturated rings. The third-order valence-electron chi connectivity index (χ3n) is 1.30. The molecule has 0 aliphatic heterocycles. The molecule has 0 amide bonds. The highest BCUT2D eigenvalue weighted by Gasteiger charge is 1.90. The van der Waals surface area contributed by atoms with Crippen LogP contribution in [0.1, 0.15) is 26.2 Å². The Bertz CT molecular complexity index is 99.0. The largest absolute Gasteiger partial charge is 0.393 e. The van der Waals surface area contributed by atoms with E-state index in [-0.39, 0.29) is 0 Å². The van der Waals surface area contributed by atoms with Crippen LogP contribution in [0.3, 0.4) is 0 Å². The maximum atomic E-state index is 5.24. The zero-order valence-electron chi connectivity index (χ0n) is 6.78. The van der Waals surface area contributed by atoms with E-state index in [9.17, 15) is 0 Å². The van der Waals surface area contributed by atoms with Gasteiger partial charge in [-0.2, -0.15) is 0 Å². The topological polar surface area (TPSA) is 50.1 Å². The number of nitrogens with two attached hydrogens (primary N) is 1. The molecular weight excluding hydrogens is 126 g/mol. The SMILES string of the molecule is CCCC/C(=C/NC)NN. The van der Waals surface area contributed by atoms with E-state index in [4.69, 9.17) is 5.84 Å². The maximum absolute atomic E-state index is 5.24. The Morgan fingerprint density at radius 2 is 2.30 bits per heavy atom. The molecule has 0 saturated heterocycles. The van der Waals surface area contributed by atoms with Crippen molar-refractivity contribution < 1.29 is 0 Å². The van der Waals surface area contributed by atoms with Crippen molar-refractivity contribution in [2.45, 2.75) is 26.2 Å². The van der Waals surface area contributed by atoms with Gasteiger partial charge in [0.15, 0.2) is 0 Å². The Morgan fingerprint density at radius 1 is 1.60 bits per heavy atom. The summed E-state index contributed by atoms with van der Waals surface area (Å²) in [5.74, 6) is 5.24. The first kappa shape index (κ1) is 9.30. The van der Waals surface area contributed by atoms with Crippen LogP contribution < -0.4 is 16.6 Å². The van der Waals surface area contributed by atoms with Gasteiger partial charge < -0.3 is 10.7 Å². The molecule has 0 aliphatic carbocycles. The molecule has 0 aromatic rings. The summed E-state index contributed by atoms with van der Waals surface area (Å²) in [5.41, 5.74) is 3.70. The van der Waals surface area contributed by atoms with Crippen LogP contribution in [0, 0.1) is 0 Å². The van der Waals surface area contributed by atoms with Gasteiger partial charge in [-0.1, -0.05) is 13.3 Å². The number of hydrogen-bond acceptors (Lipinski definition) is 3. The summed E-state index contributed by atoms with van der Waals surface area (Å²) < 4.78 is 0. The lowest BCUT2D eigenvalue weighted by Crippen LogP contribution is -2.22. The molecular formula is C7H17N3. The summed E-state index contributed by atoms with van der Waals surface area (Å²) in [6, 6.07) is 0. The van der Waals surface area contributed by atoms with E-state index < -0.39 is 0 Å². The summed E-state index contributed by atoms with van der Waals surface area (Å²) in [5, 5.41) is 2.92. The van der Waals surface area contributed by atoms with Gasteiger partial charge in [0.05, 0.1) is 0 Å². The van der Waals surface area contributed by atoms with Crippen molar-refractivity contribution in [3.05, 3.63) is 11.9 Å². The van der Waals surface area contributed by atoms with E-state index in [0.717, 1.165) is 12.1 Å². The Hall–Kier alpha value is -0.700. The predicted molar refractivity (Wildman–Crippen MR) is 44.0 cm³/mol. The average molecular weight is 143 g/mol. The Balaban J connectivity index is 3.49. The van der Waals surface area contributed by atoms with Crippen LogP contribution in [0.5, 0.6) is 0 Å². The van der Waals surface area contributed by atoms with Crippen LogP contribution in [-0.2, 0) is 0 Å². The van der Waals surface area contributed by atoms with Crippen LogP contribution in [0.2, 0.25) is 0 Å². The quantitative estimate of drug-likeness (QED) is 0.392. The van der Waals surface area contributed by atoms with Crippen molar-refractivity contribution >= 4 is 0 Å². The number of hydrogen-bond donors (Lipinski definition) is 3. The maximum Gasteiger partial charge on any atom is 0.0415 e. The van der Waals surface area contributed by atoms with Gasteiger partial charge in [0.1, 0.15) is 0 Å². The highest BCUT2D eigenvalue weighted by atomic mass is 15.2. The van der Waals surface area contributed by atoms with Gasteiger partial charge >= 0.3 is 0 Å². The second-order valence-electron chi connectivity index (χ2n) is 2.21. The molecule has 3 nitrogen and oxygen atoms in total. The number of hydrazine groups is 1. The summed E-state index contributed by atoms with van der Waals surface area (Å²) in [7, 11) is 1.86. The fraction of sp³-hybridized carbons (Fsp3) is 0.714. The predicted octanol–water partition coefficient (Wildman–Crippen LogP) is 0.701. The summed E-state index contributed by atoms with van der Waals surface area (Å²) in [4.78, 5) is 0. The zero-order valence-corrected chi connectivity index (χ0v) is 6.78. The molecule has 60 valence electrons. The third-order valence-corrected chi connectivity index (χ3v) is 1.30. The number of nitrogens with one attached hydrogen (secondary N) is 2. The molecule has 0 bridgehead atoms. The summed E-state index contributed by atoms with van der Waals surface area (Å²) >= 11 is 0. The van der Waals surface area contributed by atoms with Crippen molar-refractivity contribution in [1.82, 2.24) is 10.7 Å². The molecule has 0 aromatic carbocycles. The lowest BCUT2D eigenvalue weighted by molar-refractivity contribution is 0.712. The normalized spacial score (nSPS) is 11.3. The van der Waals surface area contributed by atoms with E-state index in [1.54, 1.807) is 0 Å². The minimum absolute atomic E-state index is 1.02. The van der Waals surface area contributed by atoms with E-state index >= 15 is 0 Å². The first-order valence-corrected chi connectivity index (χ1v) is 3.68. The van der Waals surface area contributed by atoms with Gasteiger partial charge in [-0.3, -0.25) is 5.84 Å².